The van der Waals surface area contributed by atoms with Gasteiger partial charge in [-0.2, -0.15) is 0 Å². The molecule has 0 aromatic heterocycles. The zero-order valence-corrected chi connectivity index (χ0v) is 17.8. The Labute approximate surface area is 170 Å². The van der Waals surface area contributed by atoms with E-state index in [9.17, 15) is 0 Å². The minimum atomic E-state index is 0.119. The second kappa shape index (κ2) is 7.42. The van der Waals surface area contributed by atoms with E-state index in [4.69, 9.17) is 34.8 Å². The molecule has 0 radical (unpaired) electrons. The van der Waals surface area contributed by atoms with Crippen LogP contribution < -0.4 is 4.90 Å². The molecule has 0 aliphatic carbocycles. The molecule has 0 saturated heterocycles. The van der Waals surface area contributed by atoms with Crippen LogP contribution in [-0.4, -0.2) is 18.3 Å². The molecular formula is C21H23Cl3N2. The van der Waals surface area contributed by atoms with Gasteiger partial charge in [0, 0.05) is 29.5 Å². The summed E-state index contributed by atoms with van der Waals surface area (Å²) in [5.74, 6) is 0.460. The lowest BCUT2D eigenvalue weighted by Crippen LogP contribution is -2.48. The third-order valence-corrected chi connectivity index (χ3v) is 6.23. The summed E-state index contributed by atoms with van der Waals surface area (Å²) in [6.45, 7) is 10.00. The van der Waals surface area contributed by atoms with E-state index in [0.717, 1.165) is 18.5 Å². The van der Waals surface area contributed by atoms with E-state index in [1.165, 1.54) is 11.3 Å². The molecule has 1 aliphatic rings. The van der Waals surface area contributed by atoms with Crippen LogP contribution in [0.1, 0.15) is 51.2 Å². The van der Waals surface area contributed by atoms with E-state index >= 15 is 0 Å². The van der Waals surface area contributed by atoms with Gasteiger partial charge in [0.2, 0.25) is 0 Å². The molecule has 26 heavy (non-hydrogen) atoms. The number of aliphatic imine (C=N–C) groups is 1. The number of fused-ring (bicyclic) bond motifs is 1. The number of rotatable bonds is 3. The predicted octanol–water partition coefficient (Wildman–Crippen LogP) is 7.51. The van der Waals surface area contributed by atoms with Crippen LogP contribution in [0.15, 0.2) is 35.3 Å². The molecule has 138 valence electrons. The molecule has 0 N–H and O–H groups in total. The van der Waals surface area contributed by atoms with E-state index in [1.807, 2.05) is 12.1 Å². The van der Waals surface area contributed by atoms with Gasteiger partial charge in [-0.1, -0.05) is 47.8 Å². The molecular weight excluding hydrogens is 387 g/mol. The predicted molar refractivity (Wildman–Crippen MR) is 115 cm³/mol. The van der Waals surface area contributed by atoms with Gasteiger partial charge >= 0.3 is 0 Å². The van der Waals surface area contributed by atoms with Gasteiger partial charge < -0.3 is 4.90 Å². The van der Waals surface area contributed by atoms with Crippen molar-refractivity contribution in [3.05, 3.63) is 56.5 Å². The van der Waals surface area contributed by atoms with Gasteiger partial charge in [-0.25, -0.2) is 0 Å². The summed E-state index contributed by atoms with van der Waals surface area (Å²) in [6, 6.07) is 9.64. The highest BCUT2D eigenvalue weighted by atomic mass is 35.5. The highest BCUT2D eigenvalue weighted by Gasteiger charge is 2.35. The number of halogens is 3. The van der Waals surface area contributed by atoms with Crippen molar-refractivity contribution in [1.29, 1.82) is 0 Å². The van der Waals surface area contributed by atoms with Crippen LogP contribution in [0.3, 0.4) is 0 Å². The van der Waals surface area contributed by atoms with E-state index in [-0.39, 0.29) is 5.54 Å². The van der Waals surface area contributed by atoms with E-state index in [0.29, 0.717) is 26.7 Å². The maximum atomic E-state index is 6.58. The van der Waals surface area contributed by atoms with E-state index < -0.39 is 0 Å². The third kappa shape index (κ3) is 3.60. The summed E-state index contributed by atoms with van der Waals surface area (Å²) >= 11 is 18.9. The molecule has 2 nitrogen and oxygen atoms in total. The first-order valence-electron chi connectivity index (χ1n) is 8.83. The van der Waals surface area contributed by atoms with Crippen LogP contribution >= 0.6 is 34.8 Å². The molecule has 0 saturated carbocycles. The summed E-state index contributed by atoms with van der Waals surface area (Å²) < 4.78 is 0. The third-order valence-electron chi connectivity index (χ3n) is 5.09. The first kappa shape index (κ1) is 19.5. The van der Waals surface area contributed by atoms with E-state index in [1.54, 1.807) is 12.3 Å². The second-order valence-corrected chi connectivity index (χ2v) is 8.62. The maximum Gasteiger partial charge on any atom is 0.0848 e. The average Bonchev–Trinajstić information content (AvgIpc) is 2.56. The molecule has 0 amide bonds. The Kier molecular flexibility index (Phi) is 5.58. The van der Waals surface area contributed by atoms with Crippen molar-refractivity contribution in [3.8, 4) is 0 Å². The number of hydrogen-bond donors (Lipinski definition) is 0. The fourth-order valence-corrected chi connectivity index (χ4v) is 4.50. The Morgan fingerprint density at radius 1 is 1.19 bits per heavy atom. The first-order chi connectivity index (χ1) is 12.2. The van der Waals surface area contributed by atoms with Crippen LogP contribution in [0.2, 0.25) is 15.1 Å². The molecule has 1 aliphatic heterocycles. The standard InChI is InChI=1S/C21H23Cl3N2/c1-5-26-19-10-17(23)14(9-15(19)13(2)11-21(26,3)4)12-25-18-8-6-7-16(22)20(18)24/h6-10,12-13H,5,11H2,1-4H3. The molecule has 1 atom stereocenters. The van der Waals surface area contributed by atoms with Gasteiger partial charge in [-0.05, 0) is 62.9 Å². The van der Waals surface area contributed by atoms with Crippen molar-refractivity contribution in [3.63, 3.8) is 0 Å². The molecule has 2 aromatic rings. The van der Waals surface area contributed by atoms with Gasteiger partial charge in [0.15, 0.2) is 0 Å². The van der Waals surface area contributed by atoms with Crippen LogP contribution in [0, 0.1) is 0 Å². The van der Waals surface area contributed by atoms with Gasteiger partial charge in [-0.15, -0.1) is 0 Å². The van der Waals surface area contributed by atoms with Gasteiger partial charge in [0.05, 0.1) is 20.8 Å². The highest BCUT2D eigenvalue weighted by Crippen LogP contribution is 2.45. The number of nitrogens with zero attached hydrogens (tertiary/aromatic N) is 2. The smallest absolute Gasteiger partial charge is 0.0848 e. The lowest BCUT2D eigenvalue weighted by atomic mass is 9.79. The summed E-state index contributed by atoms with van der Waals surface area (Å²) in [4.78, 5) is 6.93. The topological polar surface area (TPSA) is 15.6 Å². The monoisotopic (exact) mass is 408 g/mol. The average molecular weight is 410 g/mol. The van der Waals surface area contributed by atoms with Crippen molar-refractivity contribution < 1.29 is 0 Å². The Morgan fingerprint density at radius 2 is 1.92 bits per heavy atom. The Morgan fingerprint density at radius 3 is 2.62 bits per heavy atom. The van der Waals surface area contributed by atoms with Crippen molar-refractivity contribution in [2.45, 2.75) is 45.6 Å². The maximum absolute atomic E-state index is 6.58. The minimum Gasteiger partial charge on any atom is -0.366 e. The van der Waals surface area contributed by atoms with Gasteiger partial charge in [0.1, 0.15) is 0 Å². The summed E-state index contributed by atoms with van der Waals surface area (Å²) in [5, 5.41) is 1.63. The Balaban J connectivity index is 2.03. The van der Waals surface area contributed by atoms with E-state index in [2.05, 4.69) is 49.7 Å². The van der Waals surface area contributed by atoms with Crippen LogP contribution in [0.25, 0.3) is 0 Å². The van der Waals surface area contributed by atoms with Crippen molar-refractivity contribution in [1.82, 2.24) is 0 Å². The quantitative estimate of drug-likeness (QED) is 0.479. The molecule has 0 spiro atoms. The minimum absolute atomic E-state index is 0.119. The summed E-state index contributed by atoms with van der Waals surface area (Å²) in [7, 11) is 0. The Hall–Kier alpha value is -1.22. The fraction of sp³-hybridized carbons (Fsp3) is 0.381. The fourth-order valence-electron chi connectivity index (χ4n) is 3.95. The summed E-state index contributed by atoms with van der Waals surface area (Å²) in [6.07, 6.45) is 2.87. The van der Waals surface area contributed by atoms with Crippen molar-refractivity contribution in [2.24, 2.45) is 4.99 Å². The zero-order chi connectivity index (χ0) is 19.1. The SMILES string of the molecule is CCN1c2cc(Cl)c(C=Nc3cccc(Cl)c3Cl)cc2C(C)CC1(C)C. The van der Waals surface area contributed by atoms with Crippen molar-refractivity contribution in [2.75, 3.05) is 11.4 Å². The van der Waals surface area contributed by atoms with Crippen molar-refractivity contribution >= 4 is 52.4 Å². The molecule has 3 rings (SSSR count). The number of anilines is 1. The molecule has 2 aromatic carbocycles. The highest BCUT2D eigenvalue weighted by molar-refractivity contribution is 6.43. The molecule has 1 heterocycles. The second-order valence-electron chi connectivity index (χ2n) is 7.43. The Bertz CT molecular complexity index is 859. The first-order valence-corrected chi connectivity index (χ1v) is 9.97. The largest absolute Gasteiger partial charge is 0.366 e. The number of hydrogen-bond acceptors (Lipinski definition) is 2. The van der Waals surface area contributed by atoms with Crippen LogP contribution in [0.5, 0.6) is 0 Å². The summed E-state index contributed by atoms with van der Waals surface area (Å²) in [5.41, 5.74) is 4.18. The van der Waals surface area contributed by atoms with Crippen LogP contribution in [0.4, 0.5) is 11.4 Å². The molecule has 1 unspecified atom stereocenters. The zero-order valence-electron chi connectivity index (χ0n) is 15.5. The molecule has 0 fully saturated rings. The lowest BCUT2D eigenvalue weighted by molar-refractivity contribution is 0.381. The van der Waals surface area contributed by atoms with Gasteiger partial charge in [0.25, 0.3) is 0 Å². The molecule has 0 bridgehead atoms. The van der Waals surface area contributed by atoms with Gasteiger partial charge in [-0.3, -0.25) is 4.99 Å². The number of benzene rings is 2. The molecule has 5 heteroatoms. The normalized spacial score (nSPS) is 19.0. The van der Waals surface area contributed by atoms with Crippen LogP contribution in [-0.2, 0) is 0 Å². The lowest BCUT2D eigenvalue weighted by Gasteiger charge is -2.47.